The molecule has 5 nitrogen and oxygen atoms in total. The summed E-state index contributed by atoms with van der Waals surface area (Å²) in [5, 5.41) is 8.73. The monoisotopic (exact) mass is 367 g/mol. The Labute approximate surface area is 150 Å². The summed E-state index contributed by atoms with van der Waals surface area (Å²) in [6.45, 7) is 7.49. The molecular weight excluding hydrogens is 345 g/mol. The molecule has 24 heavy (non-hydrogen) atoms. The second-order valence-electron chi connectivity index (χ2n) is 5.82. The van der Waals surface area contributed by atoms with E-state index < -0.39 is 0 Å². The molecule has 1 fully saturated rings. The molecule has 1 aromatic heterocycles. The number of nitrogens with zero attached hydrogens (tertiary/aromatic N) is 4. The highest BCUT2D eigenvalue weighted by atomic mass is 32.1. The fourth-order valence-electron chi connectivity index (χ4n) is 2.69. The fraction of sp³-hybridized carbons (Fsp3) is 0.500. The Bertz CT molecular complexity index is 704. The Morgan fingerprint density at radius 1 is 1.21 bits per heavy atom. The number of aromatic nitrogens is 2. The van der Waals surface area contributed by atoms with E-state index in [0.29, 0.717) is 0 Å². The highest BCUT2D eigenvalue weighted by Crippen LogP contribution is 2.18. The van der Waals surface area contributed by atoms with Gasteiger partial charge >= 0.3 is 0 Å². The van der Waals surface area contributed by atoms with Gasteiger partial charge in [-0.3, -0.25) is 4.90 Å². The molecule has 0 atom stereocenters. The van der Waals surface area contributed by atoms with Crippen LogP contribution in [0.5, 0.6) is 0 Å². The number of rotatable bonds is 6. The van der Waals surface area contributed by atoms with Gasteiger partial charge in [0.1, 0.15) is 5.82 Å². The van der Waals surface area contributed by atoms with E-state index in [1.54, 1.807) is 0 Å². The van der Waals surface area contributed by atoms with Crippen molar-refractivity contribution in [3.05, 3.63) is 34.0 Å². The SMILES string of the molecule is CCCNc1nn(CN2CCN(c3ccc(F)cc3)CC2)c(=S)s1. The van der Waals surface area contributed by atoms with E-state index in [0.717, 1.165) is 60.6 Å². The maximum atomic E-state index is 13.0. The Kier molecular flexibility index (Phi) is 5.80. The van der Waals surface area contributed by atoms with Crippen LogP contribution in [0, 0.1) is 9.77 Å². The van der Waals surface area contributed by atoms with E-state index in [1.165, 1.54) is 23.5 Å². The van der Waals surface area contributed by atoms with Crippen LogP contribution in [0.25, 0.3) is 0 Å². The van der Waals surface area contributed by atoms with Crippen molar-refractivity contribution in [2.24, 2.45) is 0 Å². The molecule has 0 spiro atoms. The van der Waals surface area contributed by atoms with Gasteiger partial charge in [-0.1, -0.05) is 18.3 Å². The van der Waals surface area contributed by atoms with Crippen LogP contribution in [-0.4, -0.2) is 47.4 Å². The number of hydrogen-bond donors (Lipinski definition) is 1. The van der Waals surface area contributed by atoms with Gasteiger partial charge < -0.3 is 10.2 Å². The van der Waals surface area contributed by atoms with Crippen LogP contribution in [-0.2, 0) is 6.67 Å². The smallest absolute Gasteiger partial charge is 0.204 e. The molecule has 0 saturated carbocycles. The number of anilines is 2. The minimum atomic E-state index is -0.192. The summed E-state index contributed by atoms with van der Waals surface area (Å²) >= 11 is 6.93. The van der Waals surface area contributed by atoms with Crippen LogP contribution in [0.1, 0.15) is 13.3 Å². The first-order chi connectivity index (χ1) is 11.7. The van der Waals surface area contributed by atoms with Gasteiger partial charge in [0.25, 0.3) is 0 Å². The largest absolute Gasteiger partial charge is 0.369 e. The third-order valence-corrected chi connectivity index (χ3v) is 5.30. The van der Waals surface area contributed by atoms with Crippen LogP contribution >= 0.6 is 23.6 Å². The zero-order valence-electron chi connectivity index (χ0n) is 13.7. The maximum absolute atomic E-state index is 13.0. The lowest BCUT2D eigenvalue weighted by Crippen LogP contribution is -2.46. The standard InChI is InChI=1S/C16H22FN5S2/c1-2-7-18-15-19-22(16(23)24-15)12-20-8-10-21(11-9-20)14-5-3-13(17)4-6-14/h3-6H,2,7-12H2,1H3,(H,18,19). The Morgan fingerprint density at radius 2 is 1.92 bits per heavy atom. The van der Waals surface area contributed by atoms with Crippen molar-refractivity contribution < 1.29 is 4.39 Å². The summed E-state index contributed by atoms with van der Waals surface area (Å²) in [6.07, 6.45) is 1.07. The molecule has 3 rings (SSSR count). The lowest BCUT2D eigenvalue weighted by atomic mass is 10.2. The predicted molar refractivity (Wildman–Crippen MR) is 99.9 cm³/mol. The third kappa shape index (κ3) is 4.31. The number of piperazine rings is 1. The maximum Gasteiger partial charge on any atom is 0.204 e. The van der Waals surface area contributed by atoms with Crippen LogP contribution < -0.4 is 10.2 Å². The predicted octanol–water partition coefficient (Wildman–Crippen LogP) is 3.41. The molecule has 0 amide bonds. The summed E-state index contributed by atoms with van der Waals surface area (Å²) in [5.74, 6) is -0.192. The molecule has 2 heterocycles. The lowest BCUT2D eigenvalue weighted by molar-refractivity contribution is 0.195. The molecule has 1 aromatic carbocycles. The van der Waals surface area contributed by atoms with E-state index in [4.69, 9.17) is 12.2 Å². The van der Waals surface area contributed by atoms with Gasteiger partial charge in [0.05, 0.1) is 6.67 Å². The average molecular weight is 368 g/mol. The first kappa shape index (κ1) is 17.3. The summed E-state index contributed by atoms with van der Waals surface area (Å²) in [6, 6.07) is 6.71. The van der Waals surface area contributed by atoms with E-state index in [9.17, 15) is 4.39 Å². The molecule has 0 unspecified atom stereocenters. The molecule has 1 aliphatic rings. The normalized spacial score (nSPS) is 15.7. The fourth-order valence-corrected chi connectivity index (χ4v) is 3.71. The molecule has 0 radical (unpaired) electrons. The van der Waals surface area contributed by atoms with Crippen molar-refractivity contribution >= 4 is 34.4 Å². The second kappa shape index (κ2) is 8.04. The molecule has 1 N–H and O–H groups in total. The summed E-state index contributed by atoms with van der Waals surface area (Å²) < 4.78 is 15.7. The Hall–Kier alpha value is -1.51. The summed E-state index contributed by atoms with van der Waals surface area (Å²) in [4.78, 5) is 4.63. The van der Waals surface area contributed by atoms with Gasteiger partial charge in [-0.25, -0.2) is 9.07 Å². The van der Waals surface area contributed by atoms with Crippen molar-refractivity contribution in [3.63, 3.8) is 0 Å². The minimum absolute atomic E-state index is 0.192. The molecule has 8 heteroatoms. The second-order valence-corrected chi connectivity index (χ2v) is 7.44. The molecule has 130 valence electrons. The van der Waals surface area contributed by atoms with Crippen LogP contribution in [0.4, 0.5) is 15.2 Å². The molecule has 0 bridgehead atoms. The average Bonchev–Trinajstić information content (AvgIpc) is 2.94. The first-order valence-electron chi connectivity index (χ1n) is 8.20. The minimum Gasteiger partial charge on any atom is -0.369 e. The van der Waals surface area contributed by atoms with Crippen molar-refractivity contribution in [3.8, 4) is 0 Å². The van der Waals surface area contributed by atoms with Crippen LogP contribution in [0.2, 0.25) is 0 Å². The Morgan fingerprint density at radius 3 is 2.58 bits per heavy atom. The quantitative estimate of drug-likeness (QED) is 0.792. The van der Waals surface area contributed by atoms with Crippen LogP contribution in [0.15, 0.2) is 24.3 Å². The molecule has 2 aromatic rings. The van der Waals surface area contributed by atoms with Gasteiger partial charge in [0.15, 0.2) is 3.95 Å². The number of nitrogens with one attached hydrogen (secondary N) is 1. The van der Waals surface area contributed by atoms with Gasteiger partial charge in [0.2, 0.25) is 5.13 Å². The zero-order valence-corrected chi connectivity index (χ0v) is 15.4. The summed E-state index contributed by atoms with van der Waals surface area (Å²) in [5.41, 5.74) is 1.08. The van der Waals surface area contributed by atoms with E-state index >= 15 is 0 Å². The van der Waals surface area contributed by atoms with Crippen molar-refractivity contribution in [2.45, 2.75) is 20.0 Å². The Balaban J connectivity index is 1.54. The molecule has 0 aliphatic carbocycles. The number of halogens is 1. The van der Waals surface area contributed by atoms with E-state index in [-0.39, 0.29) is 5.82 Å². The summed E-state index contributed by atoms with van der Waals surface area (Å²) in [7, 11) is 0. The number of hydrogen-bond acceptors (Lipinski definition) is 6. The molecular formula is C16H22FN5S2. The first-order valence-corrected chi connectivity index (χ1v) is 9.43. The number of benzene rings is 1. The highest BCUT2D eigenvalue weighted by Gasteiger charge is 2.18. The van der Waals surface area contributed by atoms with Gasteiger partial charge in [-0.05, 0) is 42.9 Å². The zero-order chi connectivity index (χ0) is 16.9. The molecule has 1 saturated heterocycles. The van der Waals surface area contributed by atoms with Crippen molar-refractivity contribution in [2.75, 3.05) is 42.9 Å². The highest BCUT2D eigenvalue weighted by molar-refractivity contribution is 7.73. The lowest BCUT2D eigenvalue weighted by Gasteiger charge is -2.35. The van der Waals surface area contributed by atoms with Crippen molar-refractivity contribution in [1.29, 1.82) is 0 Å². The van der Waals surface area contributed by atoms with Gasteiger partial charge in [0, 0.05) is 38.4 Å². The molecule has 1 aliphatic heterocycles. The van der Waals surface area contributed by atoms with Gasteiger partial charge in [-0.2, -0.15) is 0 Å². The van der Waals surface area contributed by atoms with Gasteiger partial charge in [-0.15, -0.1) is 5.10 Å². The van der Waals surface area contributed by atoms with E-state index in [1.807, 2.05) is 16.8 Å². The van der Waals surface area contributed by atoms with Crippen LogP contribution in [0.3, 0.4) is 0 Å². The topological polar surface area (TPSA) is 36.3 Å². The third-order valence-electron chi connectivity index (χ3n) is 4.03. The van der Waals surface area contributed by atoms with E-state index in [2.05, 4.69) is 27.1 Å². The van der Waals surface area contributed by atoms with Crippen molar-refractivity contribution in [1.82, 2.24) is 14.7 Å².